The zero-order chi connectivity index (χ0) is 9.19. The Morgan fingerprint density at radius 1 is 1.83 bits per heavy atom. The van der Waals surface area contributed by atoms with Crippen molar-refractivity contribution in [2.24, 2.45) is 11.1 Å². The standard InChI is InChI=1S/C8H15NO3/c1-12-7(11)8(5-10)4-2-3-6(8)9/h6,10H,2-5,9H2,1H3/t6-,8-/m1/s1. The molecule has 0 aromatic rings. The first kappa shape index (κ1) is 9.48. The minimum atomic E-state index is -0.825. The van der Waals surface area contributed by atoms with E-state index in [0.717, 1.165) is 12.8 Å². The molecule has 0 spiro atoms. The molecule has 0 unspecified atom stereocenters. The van der Waals surface area contributed by atoms with Gasteiger partial charge < -0.3 is 15.6 Å². The van der Waals surface area contributed by atoms with Crippen molar-refractivity contribution in [3.05, 3.63) is 0 Å². The fourth-order valence-corrected chi connectivity index (χ4v) is 1.82. The predicted molar refractivity (Wildman–Crippen MR) is 43.4 cm³/mol. The maximum absolute atomic E-state index is 11.3. The van der Waals surface area contributed by atoms with E-state index in [9.17, 15) is 4.79 Å². The van der Waals surface area contributed by atoms with Gasteiger partial charge in [-0.05, 0) is 12.8 Å². The maximum atomic E-state index is 11.3. The molecule has 0 aromatic heterocycles. The normalized spacial score (nSPS) is 35.1. The van der Waals surface area contributed by atoms with Crippen molar-refractivity contribution in [2.45, 2.75) is 25.3 Å². The molecule has 4 nitrogen and oxygen atoms in total. The summed E-state index contributed by atoms with van der Waals surface area (Å²) in [5.41, 5.74) is 4.92. The zero-order valence-corrected chi connectivity index (χ0v) is 7.25. The molecule has 0 radical (unpaired) electrons. The van der Waals surface area contributed by atoms with Gasteiger partial charge in [-0.3, -0.25) is 4.79 Å². The van der Waals surface area contributed by atoms with Crippen LogP contribution in [0.15, 0.2) is 0 Å². The van der Waals surface area contributed by atoms with E-state index in [1.54, 1.807) is 0 Å². The Balaban J connectivity index is 2.81. The molecule has 0 aromatic carbocycles. The lowest BCUT2D eigenvalue weighted by molar-refractivity contribution is -0.155. The van der Waals surface area contributed by atoms with Crippen LogP contribution < -0.4 is 5.73 Å². The van der Waals surface area contributed by atoms with E-state index in [-0.39, 0.29) is 18.6 Å². The van der Waals surface area contributed by atoms with E-state index >= 15 is 0 Å². The number of aliphatic hydroxyl groups is 1. The number of ether oxygens (including phenoxy) is 1. The third kappa shape index (κ3) is 1.21. The minimum absolute atomic E-state index is 0.208. The summed E-state index contributed by atoms with van der Waals surface area (Å²) in [4.78, 5) is 11.3. The maximum Gasteiger partial charge on any atom is 0.315 e. The molecule has 0 aliphatic heterocycles. The van der Waals surface area contributed by atoms with Crippen LogP contribution in [0.5, 0.6) is 0 Å². The summed E-state index contributed by atoms with van der Waals surface area (Å²) in [6, 6.07) is -0.255. The van der Waals surface area contributed by atoms with Gasteiger partial charge in [0.15, 0.2) is 0 Å². The molecule has 1 fully saturated rings. The molecule has 12 heavy (non-hydrogen) atoms. The molecular weight excluding hydrogens is 158 g/mol. The minimum Gasteiger partial charge on any atom is -0.468 e. The lowest BCUT2D eigenvalue weighted by Gasteiger charge is -2.27. The Morgan fingerprint density at radius 2 is 2.50 bits per heavy atom. The van der Waals surface area contributed by atoms with Crippen molar-refractivity contribution < 1.29 is 14.6 Å². The third-order valence-electron chi connectivity index (χ3n) is 2.72. The first-order valence-corrected chi connectivity index (χ1v) is 4.12. The molecule has 1 aliphatic rings. The molecule has 1 aliphatic carbocycles. The molecular formula is C8H15NO3. The molecule has 0 bridgehead atoms. The quantitative estimate of drug-likeness (QED) is 0.560. The number of carbonyl (C=O) groups excluding carboxylic acids is 1. The second-order valence-electron chi connectivity index (χ2n) is 3.30. The van der Waals surface area contributed by atoms with E-state index < -0.39 is 5.41 Å². The smallest absolute Gasteiger partial charge is 0.315 e. The summed E-state index contributed by atoms with van der Waals surface area (Å²) in [6.45, 7) is -0.208. The average molecular weight is 173 g/mol. The van der Waals surface area contributed by atoms with Crippen molar-refractivity contribution >= 4 is 5.97 Å². The van der Waals surface area contributed by atoms with E-state index in [0.29, 0.717) is 6.42 Å². The number of nitrogens with two attached hydrogens (primary N) is 1. The number of methoxy groups -OCH3 is 1. The van der Waals surface area contributed by atoms with Gasteiger partial charge in [-0.2, -0.15) is 0 Å². The van der Waals surface area contributed by atoms with Crippen LogP contribution in [0, 0.1) is 5.41 Å². The fraction of sp³-hybridized carbons (Fsp3) is 0.875. The molecule has 2 atom stereocenters. The van der Waals surface area contributed by atoms with Crippen LogP contribution in [-0.2, 0) is 9.53 Å². The summed E-state index contributed by atoms with van der Waals surface area (Å²) < 4.78 is 4.62. The summed E-state index contributed by atoms with van der Waals surface area (Å²) in [5.74, 6) is -0.380. The second kappa shape index (κ2) is 3.41. The number of esters is 1. The highest BCUT2D eigenvalue weighted by Crippen LogP contribution is 2.37. The highest BCUT2D eigenvalue weighted by molar-refractivity contribution is 5.78. The van der Waals surface area contributed by atoms with E-state index in [2.05, 4.69) is 4.74 Å². The van der Waals surface area contributed by atoms with Gasteiger partial charge in [-0.1, -0.05) is 6.42 Å². The number of hydrogen-bond donors (Lipinski definition) is 2. The van der Waals surface area contributed by atoms with Gasteiger partial charge in [0.1, 0.15) is 5.41 Å². The average Bonchev–Trinajstić information content (AvgIpc) is 2.46. The van der Waals surface area contributed by atoms with Crippen LogP contribution in [0.2, 0.25) is 0 Å². The summed E-state index contributed by atoms with van der Waals surface area (Å²) in [6.07, 6.45) is 2.31. The zero-order valence-electron chi connectivity index (χ0n) is 7.25. The summed E-state index contributed by atoms with van der Waals surface area (Å²) >= 11 is 0. The largest absolute Gasteiger partial charge is 0.468 e. The van der Waals surface area contributed by atoms with E-state index in [1.807, 2.05) is 0 Å². The molecule has 0 heterocycles. The summed E-state index contributed by atoms with van der Waals surface area (Å²) in [7, 11) is 1.32. The van der Waals surface area contributed by atoms with Crippen molar-refractivity contribution in [1.82, 2.24) is 0 Å². The Bertz CT molecular complexity index is 183. The Morgan fingerprint density at radius 3 is 2.83 bits per heavy atom. The monoisotopic (exact) mass is 173 g/mol. The van der Waals surface area contributed by atoms with Gasteiger partial charge in [0.25, 0.3) is 0 Å². The topological polar surface area (TPSA) is 72.5 Å². The van der Waals surface area contributed by atoms with Gasteiger partial charge >= 0.3 is 5.97 Å². The van der Waals surface area contributed by atoms with E-state index in [1.165, 1.54) is 7.11 Å². The highest BCUT2D eigenvalue weighted by Gasteiger charge is 2.47. The van der Waals surface area contributed by atoms with Crippen LogP contribution in [0.1, 0.15) is 19.3 Å². The fourth-order valence-electron chi connectivity index (χ4n) is 1.82. The van der Waals surface area contributed by atoms with E-state index in [4.69, 9.17) is 10.8 Å². The summed E-state index contributed by atoms with van der Waals surface area (Å²) in [5, 5.41) is 9.11. The third-order valence-corrected chi connectivity index (χ3v) is 2.72. The predicted octanol–water partition coefficient (Wildman–Crippen LogP) is -0.351. The molecule has 1 saturated carbocycles. The van der Waals surface area contributed by atoms with Crippen LogP contribution >= 0.6 is 0 Å². The number of carbonyl (C=O) groups is 1. The van der Waals surface area contributed by atoms with Crippen LogP contribution in [0.4, 0.5) is 0 Å². The van der Waals surface area contributed by atoms with Gasteiger partial charge in [-0.25, -0.2) is 0 Å². The van der Waals surface area contributed by atoms with Gasteiger partial charge in [0, 0.05) is 6.04 Å². The van der Waals surface area contributed by atoms with Crippen LogP contribution in [-0.4, -0.2) is 30.8 Å². The van der Waals surface area contributed by atoms with Crippen molar-refractivity contribution in [3.63, 3.8) is 0 Å². The van der Waals surface area contributed by atoms with Crippen molar-refractivity contribution in [2.75, 3.05) is 13.7 Å². The van der Waals surface area contributed by atoms with Crippen LogP contribution in [0.25, 0.3) is 0 Å². The molecule has 1 rings (SSSR count). The number of hydrogen-bond acceptors (Lipinski definition) is 4. The molecule has 3 N–H and O–H groups in total. The van der Waals surface area contributed by atoms with Crippen molar-refractivity contribution in [3.8, 4) is 0 Å². The first-order chi connectivity index (χ1) is 5.67. The van der Waals surface area contributed by atoms with Crippen LogP contribution in [0.3, 0.4) is 0 Å². The second-order valence-corrected chi connectivity index (χ2v) is 3.30. The van der Waals surface area contributed by atoms with Gasteiger partial charge in [0.2, 0.25) is 0 Å². The molecule has 70 valence electrons. The Hall–Kier alpha value is -0.610. The SMILES string of the molecule is COC(=O)[C@@]1(CO)CCC[C@H]1N. The number of aliphatic hydroxyl groups excluding tert-OH is 1. The highest BCUT2D eigenvalue weighted by atomic mass is 16.5. The Kier molecular flexibility index (Phi) is 2.69. The first-order valence-electron chi connectivity index (χ1n) is 4.12. The molecule has 0 amide bonds. The van der Waals surface area contributed by atoms with Gasteiger partial charge in [0.05, 0.1) is 13.7 Å². The van der Waals surface area contributed by atoms with Gasteiger partial charge in [-0.15, -0.1) is 0 Å². The Labute approximate surface area is 71.7 Å². The lowest BCUT2D eigenvalue weighted by atomic mass is 9.84. The number of rotatable bonds is 2. The van der Waals surface area contributed by atoms with Crippen molar-refractivity contribution in [1.29, 1.82) is 0 Å². The lowest BCUT2D eigenvalue weighted by Crippen LogP contribution is -2.47. The molecule has 0 saturated heterocycles. The molecule has 4 heteroatoms.